The van der Waals surface area contributed by atoms with Crippen molar-refractivity contribution in [2.75, 3.05) is 26.0 Å². The van der Waals surface area contributed by atoms with Crippen LogP contribution in [0.25, 0.3) is 0 Å². The third kappa shape index (κ3) is 3.90. The summed E-state index contributed by atoms with van der Waals surface area (Å²) in [5.74, 6) is 0.671. The van der Waals surface area contributed by atoms with Crippen LogP contribution in [0.5, 0.6) is 0 Å². The minimum Gasteiger partial charge on any atom is -0.373 e. The molecule has 0 aliphatic heterocycles. The smallest absolute Gasteiger partial charge is 0.251 e. The number of aromatic nitrogens is 1. The Balaban J connectivity index is 2.71. The summed E-state index contributed by atoms with van der Waals surface area (Å²) in [5.41, 5.74) is 0.594. The van der Waals surface area contributed by atoms with Gasteiger partial charge in [-0.3, -0.25) is 4.90 Å². The van der Waals surface area contributed by atoms with E-state index in [1.54, 1.807) is 26.2 Å². The van der Waals surface area contributed by atoms with Crippen LogP contribution in [0.4, 0.5) is 14.6 Å². The molecule has 0 radical (unpaired) electrons. The van der Waals surface area contributed by atoms with E-state index < -0.39 is 6.43 Å². The molecule has 0 saturated carbocycles. The summed E-state index contributed by atoms with van der Waals surface area (Å²) in [6.07, 6.45) is -2.35. The molecule has 6 heteroatoms. The zero-order valence-electron chi connectivity index (χ0n) is 9.17. The predicted octanol–water partition coefficient (Wildman–Crippen LogP) is 2.47. The number of hydrogen-bond acceptors (Lipinski definition) is 3. The molecule has 0 aromatic carbocycles. The van der Waals surface area contributed by atoms with Gasteiger partial charge in [0.15, 0.2) is 0 Å². The van der Waals surface area contributed by atoms with Crippen LogP contribution in [0.2, 0.25) is 5.02 Å². The number of rotatable bonds is 5. The van der Waals surface area contributed by atoms with Crippen molar-refractivity contribution in [3.05, 3.63) is 22.8 Å². The summed E-state index contributed by atoms with van der Waals surface area (Å²) in [7, 11) is 3.35. The fourth-order valence-electron chi connectivity index (χ4n) is 1.29. The van der Waals surface area contributed by atoms with Crippen molar-refractivity contribution < 1.29 is 8.78 Å². The molecule has 1 N–H and O–H groups in total. The van der Waals surface area contributed by atoms with E-state index in [1.165, 1.54) is 4.90 Å². The first kappa shape index (κ1) is 13.1. The second kappa shape index (κ2) is 5.96. The first-order valence-corrected chi connectivity index (χ1v) is 5.20. The van der Waals surface area contributed by atoms with Gasteiger partial charge in [0.25, 0.3) is 6.43 Å². The van der Waals surface area contributed by atoms with Gasteiger partial charge in [-0.1, -0.05) is 11.6 Å². The van der Waals surface area contributed by atoms with Crippen LogP contribution in [-0.4, -0.2) is 36.9 Å². The van der Waals surface area contributed by atoms with E-state index in [1.807, 2.05) is 0 Å². The number of nitrogens with one attached hydrogen (secondary N) is 1. The highest BCUT2D eigenvalue weighted by Gasteiger charge is 2.11. The van der Waals surface area contributed by atoms with Gasteiger partial charge in [-0.05, 0) is 19.2 Å². The van der Waals surface area contributed by atoms with Crippen LogP contribution < -0.4 is 5.32 Å². The number of nitrogens with zero attached hydrogens (tertiary/aromatic N) is 2. The summed E-state index contributed by atoms with van der Waals surface area (Å²) in [4.78, 5) is 5.69. The molecule has 1 aromatic heterocycles. The van der Waals surface area contributed by atoms with Crippen molar-refractivity contribution in [1.82, 2.24) is 9.88 Å². The van der Waals surface area contributed by atoms with Crippen LogP contribution >= 0.6 is 11.6 Å². The molecule has 90 valence electrons. The van der Waals surface area contributed by atoms with Gasteiger partial charge in [0.2, 0.25) is 0 Å². The lowest BCUT2D eigenvalue weighted by Gasteiger charge is -2.16. The third-order valence-electron chi connectivity index (χ3n) is 2.04. The first-order valence-electron chi connectivity index (χ1n) is 4.82. The number of halogens is 3. The van der Waals surface area contributed by atoms with Gasteiger partial charge in [0, 0.05) is 13.6 Å². The summed E-state index contributed by atoms with van der Waals surface area (Å²) in [6.45, 7) is 0.0144. The number of hydrogen-bond donors (Lipinski definition) is 1. The average molecular weight is 250 g/mol. The van der Waals surface area contributed by atoms with Gasteiger partial charge in [0.1, 0.15) is 5.82 Å². The van der Waals surface area contributed by atoms with E-state index in [4.69, 9.17) is 11.6 Å². The molecule has 0 bridgehead atoms. The minimum atomic E-state index is -2.35. The minimum absolute atomic E-state index is 0.290. The van der Waals surface area contributed by atoms with Gasteiger partial charge < -0.3 is 5.32 Å². The van der Waals surface area contributed by atoms with Crippen molar-refractivity contribution >= 4 is 17.4 Å². The molecule has 0 atom stereocenters. The molecule has 0 spiro atoms. The molecule has 1 aromatic rings. The fourth-order valence-corrected chi connectivity index (χ4v) is 1.46. The third-order valence-corrected chi connectivity index (χ3v) is 2.39. The SMILES string of the molecule is CNc1ccc(Cl)c(CN(C)CC(F)F)n1. The van der Waals surface area contributed by atoms with E-state index in [9.17, 15) is 8.78 Å². The summed E-state index contributed by atoms with van der Waals surface area (Å²) in [5, 5.41) is 3.36. The summed E-state index contributed by atoms with van der Waals surface area (Å²) in [6, 6.07) is 3.44. The van der Waals surface area contributed by atoms with Crippen LogP contribution in [0.15, 0.2) is 12.1 Å². The van der Waals surface area contributed by atoms with E-state index in [-0.39, 0.29) is 6.54 Å². The number of alkyl halides is 2. The summed E-state index contributed by atoms with van der Waals surface area (Å²) >= 11 is 5.93. The predicted molar refractivity (Wildman–Crippen MR) is 61.1 cm³/mol. The fraction of sp³-hybridized carbons (Fsp3) is 0.500. The molecule has 16 heavy (non-hydrogen) atoms. The van der Waals surface area contributed by atoms with Crippen molar-refractivity contribution in [3.8, 4) is 0 Å². The Labute approximate surface area is 98.4 Å². The Morgan fingerprint density at radius 2 is 2.19 bits per heavy atom. The van der Waals surface area contributed by atoms with Crippen molar-refractivity contribution in [2.45, 2.75) is 13.0 Å². The van der Waals surface area contributed by atoms with Crippen LogP contribution in [0.3, 0.4) is 0 Å². The maximum atomic E-state index is 12.1. The van der Waals surface area contributed by atoms with Crippen LogP contribution in [-0.2, 0) is 6.54 Å². The monoisotopic (exact) mass is 249 g/mol. The molecule has 0 unspecified atom stereocenters. The zero-order chi connectivity index (χ0) is 12.1. The van der Waals surface area contributed by atoms with E-state index >= 15 is 0 Å². The molecule has 0 saturated heterocycles. The van der Waals surface area contributed by atoms with E-state index in [0.717, 1.165) is 0 Å². The lowest BCUT2D eigenvalue weighted by molar-refractivity contribution is 0.0971. The van der Waals surface area contributed by atoms with Crippen molar-refractivity contribution in [1.29, 1.82) is 0 Å². The maximum absolute atomic E-state index is 12.1. The summed E-state index contributed by atoms with van der Waals surface area (Å²) < 4.78 is 24.3. The average Bonchev–Trinajstić information content (AvgIpc) is 2.20. The Morgan fingerprint density at radius 3 is 2.75 bits per heavy atom. The Kier molecular flexibility index (Phi) is 4.89. The highest BCUT2D eigenvalue weighted by Crippen LogP contribution is 2.18. The van der Waals surface area contributed by atoms with Crippen molar-refractivity contribution in [2.24, 2.45) is 0 Å². The highest BCUT2D eigenvalue weighted by atomic mass is 35.5. The Morgan fingerprint density at radius 1 is 1.50 bits per heavy atom. The molecule has 1 heterocycles. The molecule has 0 aliphatic rings. The molecule has 1 rings (SSSR count). The van der Waals surface area contributed by atoms with Crippen LogP contribution in [0.1, 0.15) is 5.69 Å². The quantitative estimate of drug-likeness (QED) is 0.869. The maximum Gasteiger partial charge on any atom is 0.251 e. The topological polar surface area (TPSA) is 28.2 Å². The Bertz CT molecular complexity index is 347. The van der Waals surface area contributed by atoms with Gasteiger partial charge in [-0.2, -0.15) is 0 Å². The van der Waals surface area contributed by atoms with Crippen molar-refractivity contribution in [3.63, 3.8) is 0 Å². The molecular formula is C10H14ClF2N3. The van der Waals surface area contributed by atoms with Gasteiger partial charge in [-0.15, -0.1) is 0 Å². The normalized spacial score (nSPS) is 11.2. The molecule has 0 aliphatic carbocycles. The Hall–Kier alpha value is -0.940. The molecule has 3 nitrogen and oxygen atoms in total. The lowest BCUT2D eigenvalue weighted by Crippen LogP contribution is -2.24. The number of anilines is 1. The second-order valence-corrected chi connectivity index (χ2v) is 3.87. The largest absolute Gasteiger partial charge is 0.373 e. The molecule has 0 fully saturated rings. The van der Waals surface area contributed by atoms with E-state index in [0.29, 0.717) is 23.1 Å². The van der Waals surface area contributed by atoms with Gasteiger partial charge >= 0.3 is 0 Å². The lowest BCUT2D eigenvalue weighted by atomic mass is 10.3. The van der Waals surface area contributed by atoms with Crippen LogP contribution in [0, 0.1) is 0 Å². The first-order chi connectivity index (χ1) is 7.52. The second-order valence-electron chi connectivity index (χ2n) is 3.46. The standard InChI is InChI=1S/C10H14ClF2N3/c1-14-10-4-3-7(11)8(15-10)5-16(2)6-9(12)13/h3-4,9H,5-6H2,1-2H3,(H,14,15). The molecule has 0 amide bonds. The highest BCUT2D eigenvalue weighted by molar-refractivity contribution is 6.31. The van der Waals surface area contributed by atoms with Gasteiger partial charge in [-0.25, -0.2) is 13.8 Å². The van der Waals surface area contributed by atoms with E-state index in [2.05, 4.69) is 10.3 Å². The van der Waals surface area contributed by atoms with Gasteiger partial charge in [0.05, 0.1) is 17.3 Å². The number of pyridine rings is 1. The molecular weight excluding hydrogens is 236 g/mol. The zero-order valence-corrected chi connectivity index (χ0v) is 9.93.